The van der Waals surface area contributed by atoms with E-state index in [9.17, 15) is 9.59 Å². The standard InChI is InChI=1S/C21H24N2O3/c1-2-16-7-4-6-10-19(16)22-11-13-23(14-12-22)21(26)18-9-5-3-8-17(18)15-20(24)25/h3-10H,2,11-15H2,1H3,(H,24,25). The quantitative estimate of drug-likeness (QED) is 0.899. The highest BCUT2D eigenvalue weighted by Gasteiger charge is 2.24. The van der Waals surface area contributed by atoms with Crippen LogP contribution in [0, 0.1) is 0 Å². The molecule has 1 amide bonds. The van der Waals surface area contributed by atoms with Crippen molar-refractivity contribution in [3.63, 3.8) is 0 Å². The van der Waals surface area contributed by atoms with E-state index in [1.807, 2.05) is 11.0 Å². The summed E-state index contributed by atoms with van der Waals surface area (Å²) in [6.07, 6.45) is 0.851. The van der Waals surface area contributed by atoms with E-state index in [2.05, 4.69) is 30.0 Å². The molecule has 0 aliphatic carbocycles. The van der Waals surface area contributed by atoms with Crippen LogP contribution in [0.5, 0.6) is 0 Å². The number of aryl methyl sites for hydroxylation is 1. The number of rotatable bonds is 5. The predicted molar refractivity (Wildman–Crippen MR) is 102 cm³/mol. The summed E-state index contributed by atoms with van der Waals surface area (Å²) >= 11 is 0. The zero-order chi connectivity index (χ0) is 18.5. The van der Waals surface area contributed by atoms with Crippen molar-refractivity contribution in [2.24, 2.45) is 0 Å². The molecule has 0 saturated carbocycles. The SMILES string of the molecule is CCc1ccccc1N1CCN(C(=O)c2ccccc2CC(=O)O)CC1. The lowest BCUT2D eigenvalue weighted by molar-refractivity contribution is -0.136. The molecule has 136 valence electrons. The number of hydrogen-bond donors (Lipinski definition) is 1. The van der Waals surface area contributed by atoms with Crippen LogP contribution in [0.1, 0.15) is 28.4 Å². The molecule has 1 aliphatic heterocycles. The third-order valence-corrected chi connectivity index (χ3v) is 4.87. The smallest absolute Gasteiger partial charge is 0.307 e. The van der Waals surface area contributed by atoms with Gasteiger partial charge < -0.3 is 14.9 Å². The van der Waals surface area contributed by atoms with Crippen molar-refractivity contribution in [3.8, 4) is 0 Å². The molecule has 0 aromatic heterocycles. The second kappa shape index (κ2) is 8.04. The van der Waals surface area contributed by atoms with Crippen molar-refractivity contribution in [2.45, 2.75) is 19.8 Å². The van der Waals surface area contributed by atoms with E-state index < -0.39 is 5.97 Å². The Morgan fingerprint density at radius 1 is 0.923 bits per heavy atom. The van der Waals surface area contributed by atoms with Gasteiger partial charge in [0.25, 0.3) is 5.91 Å². The number of benzene rings is 2. The van der Waals surface area contributed by atoms with E-state index in [4.69, 9.17) is 5.11 Å². The Balaban J connectivity index is 1.70. The highest BCUT2D eigenvalue weighted by Crippen LogP contribution is 2.23. The topological polar surface area (TPSA) is 60.9 Å². The minimum absolute atomic E-state index is 0.0784. The summed E-state index contributed by atoms with van der Waals surface area (Å²) in [6, 6.07) is 15.4. The average Bonchev–Trinajstić information content (AvgIpc) is 2.67. The third kappa shape index (κ3) is 3.87. The van der Waals surface area contributed by atoms with Gasteiger partial charge in [-0.1, -0.05) is 43.3 Å². The fourth-order valence-electron chi connectivity index (χ4n) is 3.49. The Bertz CT molecular complexity index is 795. The van der Waals surface area contributed by atoms with Gasteiger partial charge in [0.15, 0.2) is 0 Å². The first-order chi connectivity index (χ1) is 12.6. The van der Waals surface area contributed by atoms with Crippen molar-refractivity contribution in [2.75, 3.05) is 31.1 Å². The second-order valence-electron chi connectivity index (χ2n) is 6.49. The first kappa shape index (κ1) is 18.0. The molecule has 1 saturated heterocycles. The Morgan fingerprint density at radius 3 is 2.19 bits per heavy atom. The van der Waals surface area contributed by atoms with Crippen molar-refractivity contribution in [1.29, 1.82) is 0 Å². The Labute approximate surface area is 153 Å². The molecule has 1 N–H and O–H groups in total. The fourth-order valence-corrected chi connectivity index (χ4v) is 3.49. The second-order valence-corrected chi connectivity index (χ2v) is 6.49. The van der Waals surface area contributed by atoms with Gasteiger partial charge in [0.05, 0.1) is 6.42 Å². The van der Waals surface area contributed by atoms with E-state index in [1.165, 1.54) is 11.3 Å². The van der Waals surface area contributed by atoms with Crippen molar-refractivity contribution in [3.05, 3.63) is 65.2 Å². The van der Waals surface area contributed by atoms with E-state index in [-0.39, 0.29) is 12.3 Å². The van der Waals surface area contributed by atoms with Crippen LogP contribution in [0.2, 0.25) is 0 Å². The van der Waals surface area contributed by atoms with E-state index in [1.54, 1.807) is 24.3 Å². The number of hydrogen-bond acceptors (Lipinski definition) is 3. The maximum absolute atomic E-state index is 12.9. The molecule has 2 aromatic rings. The molecule has 5 heteroatoms. The molecule has 3 rings (SSSR count). The van der Waals surface area contributed by atoms with Crippen LogP contribution < -0.4 is 4.90 Å². The third-order valence-electron chi connectivity index (χ3n) is 4.87. The van der Waals surface area contributed by atoms with Gasteiger partial charge in [-0.15, -0.1) is 0 Å². The van der Waals surface area contributed by atoms with Crippen molar-refractivity contribution in [1.82, 2.24) is 4.90 Å². The van der Waals surface area contributed by atoms with Gasteiger partial charge in [-0.3, -0.25) is 9.59 Å². The Morgan fingerprint density at radius 2 is 1.54 bits per heavy atom. The lowest BCUT2D eigenvalue weighted by Crippen LogP contribution is -2.49. The monoisotopic (exact) mass is 352 g/mol. The lowest BCUT2D eigenvalue weighted by atomic mass is 10.0. The molecule has 1 aliphatic rings. The number of carboxylic acids is 1. The molecular weight excluding hydrogens is 328 g/mol. The van der Waals surface area contributed by atoms with E-state index >= 15 is 0 Å². The molecule has 0 bridgehead atoms. The van der Waals surface area contributed by atoms with Gasteiger partial charge in [0.2, 0.25) is 0 Å². The number of nitrogens with zero attached hydrogens (tertiary/aromatic N) is 2. The summed E-state index contributed by atoms with van der Waals surface area (Å²) < 4.78 is 0. The maximum atomic E-state index is 12.9. The largest absolute Gasteiger partial charge is 0.481 e. The molecular formula is C21H24N2O3. The number of carboxylic acid groups (broad SMARTS) is 1. The van der Waals surface area contributed by atoms with E-state index in [0.717, 1.165) is 19.5 Å². The average molecular weight is 352 g/mol. The van der Waals surface area contributed by atoms with Gasteiger partial charge in [0, 0.05) is 37.4 Å². The van der Waals surface area contributed by atoms with Gasteiger partial charge >= 0.3 is 5.97 Å². The van der Waals surface area contributed by atoms with Gasteiger partial charge in [-0.2, -0.15) is 0 Å². The maximum Gasteiger partial charge on any atom is 0.307 e. The van der Waals surface area contributed by atoms with Gasteiger partial charge in [-0.25, -0.2) is 0 Å². The number of para-hydroxylation sites is 1. The zero-order valence-corrected chi connectivity index (χ0v) is 15.0. The number of aliphatic carboxylic acids is 1. The van der Waals surface area contributed by atoms with E-state index in [0.29, 0.717) is 24.2 Å². The molecule has 2 aromatic carbocycles. The summed E-state index contributed by atoms with van der Waals surface area (Å²) in [5, 5.41) is 9.06. The summed E-state index contributed by atoms with van der Waals surface area (Å²) in [5.41, 5.74) is 3.63. The number of carbonyl (C=O) groups is 2. The lowest BCUT2D eigenvalue weighted by Gasteiger charge is -2.37. The molecule has 5 nitrogen and oxygen atoms in total. The normalized spacial score (nSPS) is 14.3. The zero-order valence-electron chi connectivity index (χ0n) is 15.0. The molecule has 1 heterocycles. The number of carbonyl (C=O) groups excluding carboxylic acids is 1. The minimum Gasteiger partial charge on any atom is -0.481 e. The van der Waals surface area contributed by atoms with Crippen LogP contribution in [-0.2, 0) is 17.6 Å². The first-order valence-corrected chi connectivity index (χ1v) is 9.02. The first-order valence-electron chi connectivity index (χ1n) is 9.02. The molecule has 1 fully saturated rings. The molecule has 0 unspecified atom stereocenters. The molecule has 0 atom stereocenters. The predicted octanol–water partition coefficient (Wildman–Crippen LogP) is 2.84. The number of amides is 1. The molecule has 26 heavy (non-hydrogen) atoms. The van der Waals surface area contributed by atoms with Crippen molar-refractivity contribution >= 4 is 17.6 Å². The van der Waals surface area contributed by atoms with Gasteiger partial charge in [0.1, 0.15) is 0 Å². The van der Waals surface area contributed by atoms with Crippen LogP contribution in [0.3, 0.4) is 0 Å². The van der Waals surface area contributed by atoms with Crippen LogP contribution in [0.15, 0.2) is 48.5 Å². The highest BCUT2D eigenvalue weighted by atomic mass is 16.4. The molecule has 0 radical (unpaired) electrons. The Kier molecular flexibility index (Phi) is 5.56. The minimum atomic E-state index is -0.925. The van der Waals surface area contributed by atoms with Crippen LogP contribution >= 0.6 is 0 Å². The highest BCUT2D eigenvalue weighted by molar-refractivity contribution is 5.96. The number of anilines is 1. The van der Waals surface area contributed by atoms with Crippen LogP contribution in [0.4, 0.5) is 5.69 Å². The number of piperazine rings is 1. The summed E-state index contributed by atoms with van der Waals surface area (Å²) in [6.45, 7) is 4.99. The summed E-state index contributed by atoms with van der Waals surface area (Å²) in [7, 11) is 0. The fraction of sp³-hybridized carbons (Fsp3) is 0.333. The molecule has 0 spiro atoms. The van der Waals surface area contributed by atoms with Crippen molar-refractivity contribution < 1.29 is 14.7 Å². The van der Waals surface area contributed by atoms with Crippen LogP contribution in [0.25, 0.3) is 0 Å². The summed E-state index contributed by atoms with van der Waals surface area (Å²) in [5.74, 6) is -1.00. The summed E-state index contributed by atoms with van der Waals surface area (Å²) in [4.78, 5) is 28.1. The van der Waals surface area contributed by atoms with Gasteiger partial charge in [-0.05, 0) is 29.7 Å². The van der Waals surface area contributed by atoms with Crippen LogP contribution in [-0.4, -0.2) is 48.1 Å². The Hall–Kier alpha value is -2.82.